The Morgan fingerprint density at radius 1 is 0.960 bits per heavy atom. The largest absolute Gasteiger partial charge is 0.406 e. The van der Waals surface area contributed by atoms with Gasteiger partial charge in [-0.05, 0) is 55.4 Å². The van der Waals surface area contributed by atoms with Crippen molar-refractivity contribution in [2.24, 2.45) is 23.5 Å². The lowest BCUT2D eigenvalue weighted by Crippen LogP contribution is -2.38. The number of nitrogens with zero attached hydrogens (tertiary/aromatic N) is 3. The Hall–Kier alpha value is -1.59. The third-order valence-electron chi connectivity index (χ3n) is 6.21. The molecule has 2 N–H and O–H groups in total. The molecule has 25 heavy (non-hydrogen) atoms. The van der Waals surface area contributed by atoms with Gasteiger partial charge in [0, 0.05) is 12.6 Å². The molecule has 6 rings (SSSR count). The zero-order valence-electron chi connectivity index (χ0n) is 14.3. The van der Waals surface area contributed by atoms with Crippen molar-refractivity contribution < 1.29 is 4.42 Å². The van der Waals surface area contributed by atoms with E-state index < -0.39 is 0 Å². The molecule has 4 aliphatic rings. The lowest BCUT2D eigenvalue weighted by Gasteiger charge is -2.38. The summed E-state index contributed by atoms with van der Waals surface area (Å²) in [4.78, 5) is 2.39. The number of nitrogens with two attached hydrogens (primary N) is 1. The van der Waals surface area contributed by atoms with Crippen molar-refractivity contribution in [2.75, 3.05) is 11.4 Å². The molecular formula is C19H25ClN4O. The quantitative estimate of drug-likeness (QED) is 0.906. The van der Waals surface area contributed by atoms with Gasteiger partial charge in [0.25, 0.3) is 0 Å². The second kappa shape index (κ2) is 6.61. The van der Waals surface area contributed by atoms with Crippen LogP contribution in [-0.2, 0) is 0 Å². The Kier molecular flexibility index (Phi) is 4.46. The fourth-order valence-electron chi connectivity index (χ4n) is 5.29. The molecule has 2 aromatic rings. The van der Waals surface area contributed by atoms with Gasteiger partial charge in [0.05, 0.1) is 0 Å². The van der Waals surface area contributed by atoms with E-state index in [2.05, 4.69) is 15.1 Å². The van der Waals surface area contributed by atoms with Crippen LogP contribution in [0, 0.1) is 17.8 Å². The van der Waals surface area contributed by atoms with Gasteiger partial charge in [0.15, 0.2) is 0 Å². The second-order valence-electron chi connectivity index (χ2n) is 7.89. The van der Waals surface area contributed by atoms with Crippen molar-refractivity contribution in [1.82, 2.24) is 10.2 Å². The molecule has 0 radical (unpaired) electrons. The summed E-state index contributed by atoms with van der Waals surface area (Å²) in [5, 5.41) is 8.62. The van der Waals surface area contributed by atoms with Crippen LogP contribution in [0.25, 0.3) is 0 Å². The number of hydrogen-bond acceptors (Lipinski definition) is 5. The summed E-state index contributed by atoms with van der Waals surface area (Å²) < 4.78 is 6.03. The highest BCUT2D eigenvalue weighted by Crippen LogP contribution is 2.48. The average molecular weight is 361 g/mol. The predicted octanol–water partition coefficient (Wildman–Crippen LogP) is 3.55. The van der Waals surface area contributed by atoms with E-state index in [9.17, 15) is 0 Å². The normalized spacial score (nSPS) is 31.5. The molecule has 4 bridgehead atoms. The number of anilines is 1. The Morgan fingerprint density at radius 2 is 1.64 bits per heavy atom. The molecule has 3 heterocycles. The number of hydrogen-bond donors (Lipinski definition) is 1. The Balaban J connectivity index is 0.00000157. The Bertz CT molecular complexity index is 707. The zero-order chi connectivity index (χ0) is 16.1. The van der Waals surface area contributed by atoms with Crippen molar-refractivity contribution in [3.8, 4) is 0 Å². The van der Waals surface area contributed by atoms with Crippen LogP contribution in [0.2, 0.25) is 0 Å². The molecule has 2 saturated carbocycles. The van der Waals surface area contributed by atoms with Gasteiger partial charge >= 0.3 is 6.01 Å². The van der Waals surface area contributed by atoms with Crippen molar-refractivity contribution in [3.63, 3.8) is 0 Å². The van der Waals surface area contributed by atoms with Crippen molar-refractivity contribution in [3.05, 3.63) is 41.8 Å². The lowest BCUT2D eigenvalue weighted by molar-refractivity contribution is 0.157. The minimum atomic E-state index is -0.354. The van der Waals surface area contributed by atoms with Crippen LogP contribution in [0.5, 0.6) is 0 Å². The maximum Gasteiger partial charge on any atom is 0.318 e. The van der Waals surface area contributed by atoms with Gasteiger partial charge in [0.2, 0.25) is 5.89 Å². The highest BCUT2D eigenvalue weighted by Gasteiger charge is 2.44. The molecule has 4 fully saturated rings. The number of rotatable bonds is 3. The molecule has 6 heteroatoms. The smallest absolute Gasteiger partial charge is 0.318 e. The van der Waals surface area contributed by atoms with Gasteiger partial charge in [0.1, 0.15) is 6.04 Å². The first-order valence-electron chi connectivity index (χ1n) is 9.17. The van der Waals surface area contributed by atoms with Crippen molar-refractivity contribution >= 4 is 18.4 Å². The van der Waals surface area contributed by atoms with Crippen LogP contribution in [0.4, 0.5) is 6.01 Å². The van der Waals surface area contributed by atoms with E-state index in [1.54, 1.807) is 0 Å². The molecule has 2 aliphatic carbocycles. The van der Waals surface area contributed by atoms with E-state index in [4.69, 9.17) is 10.2 Å². The maximum absolute atomic E-state index is 6.31. The summed E-state index contributed by atoms with van der Waals surface area (Å²) in [5.74, 6) is 3.12. The maximum atomic E-state index is 6.31. The SMILES string of the molecule is Cl.N[C@H](c1ccccc1)c1nnc(N2CC3CC4CC(C3)CC2C4)o1. The van der Waals surface area contributed by atoms with Gasteiger partial charge < -0.3 is 15.1 Å². The minimum absolute atomic E-state index is 0. The fraction of sp³-hybridized carbons (Fsp3) is 0.579. The highest BCUT2D eigenvalue weighted by atomic mass is 35.5. The molecule has 3 atom stereocenters. The summed E-state index contributed by atoms with van der Waals surface area (Å²) in [7, 11) is 0. The standard InChI is InChI=1S/C19H24N4O.ClH/c20-17(15-4-2-1-3-5-15)18-21-22-19(24-18)23-11-14-7-12-6-13(8-14)10-16(23)9-12;/h1-5,12-14,16-17H,6-11,20H2;1H/t12?,13?,14?,16?,17-;/m1./s1. The number of fused-ring (bicyclic) bond motifs is 1. The monoisotopic (exact) mass is 360 g/mol. The third-order valence-corrected chi connectivity index (χ3v) is 6.21. The van der Waals surface area contributed by atoms with E-state index in [0.717, 1.165) is 29.9 Å². The molecule has 2 saturated heterocycles. The first kappa shape index (κ1) is 16.9. The molecule has 0 spiro atoms. The zero-order valence-corrected chi connectivity index (χ0v) is 15.1. The summed E-state index contributed by atoms with van der Waals surface area (Å²) >= 11 is 0. The van der Waals surface area contributed by atoms with E-state index in [0.29, 0.717) is 17.9 Å². The van der Waals surface area contributed by atoms with Crippen LogP contribution in [0.1, 0.15) is 49.6 Å². The number of halogens is 1. The molecular weight excluding hydrogens is 336 g/mol. The van der Waals surface area contributed by atoms with Crippen LogP contribution in [0.15, 0.2) is 34.7 Å². The van der Waals surface area contributed by atoms with E-state index in [-0.39, 0.29) is 18.4 Å². The molecule has 1 aromatic carbocycles. The van der Waals surface area contributed by atoms with Crippen LogP contribution in [-0.4, -0.2) is 22.8 Å². The van der Waals surface area contributed by atoms with Gasteiger partial charge in [-0.1, -0.05) is 35.4 Å². The second-order valence-corrected chi connectivity index (χ2v) is 7.89. The molecule has 0 amide bonds. The third kappa shape index (κ3) is 3.04. The Labute approximate surface area is 154 Å². The van der Waals surface area contributed by atoms with Crippen molar-refractivity contribution in [1.29, 1.82) is 0 Å². The van der Waals surface area contributed by atoms with Gasteiger partial charge in [-0.3, -0.25) is 0 Å². The molecule has 5 nitrogen and oxygen atoms in total. The Morgan fingerprint density at radius 3 is 2.36 bits per heavy atom. The van der Waals surface area contributed by atoms with E-state index in [1.165, 1.54) is 32.1 Å². The topological polar surface area (TPSA) is 68.2 Å². The summed E-state index contributed by atoms with van der Waals surface area (Å²) in [5.41, 5.74) is 7.31. The van der Waals surface area contributed by atoms with Crippen LogP contribution < -0.4 is 10.6 Å². The van der Waals surface area contributed by atoms with Gasteiger partial charge in [-0.25, -0.2) is 0 Å². The summed E-state index contributed by atoms with van der Waals surface area (Å²) in [6, 6.07) is 10.8. The molecule has 1 aromatic heterocycles. The highest BCUT2D eigenvalue weighted by molar-refractivity contribution is 5.85. The molecule has 134 valence electrons. The number of aromatic nitrogens is 2. The van der Waals surface area contributed by atoms with Gasteiger partial charge in [-0.2, -0.15) is 0 Å². The van der Waals surface area contributed by atoms with E-state index >= 15 is 0 Å². The van der Waals surface area contributed by atoms with Crippen LogP contribution in [0.3, 0.4) is 0 Å². The number of benzene rings is 1. The fourth-order valence-corrected chi connectivity index (χ4v) is 5.29. The van der Waals surface area contributed by atoms with E-state index in [1.807, 2.05) is 30.3 Å². The lowest BCUT2D eigenvalue weighted by atomic mass is 9.68. The molecule has 2 unspecified atom stereocenters. The minimum Gasteiger partial charge on any atom is -0.406 e. The van der Waals surface area contributed by atoms with Gasteiger partial charge in [-0.15, -0.1) is 17.5 Å². The predicted molar refractivity (Wildman–Crippen MR) is 98.7 cm³/mol. The average Bonchev–Trinajstić information content (AvgIpc) is 3.00. The summed E-state index contributed by atoms with van der Waals surface area (Å²) in [6.07, 6.45) is 6.78. The first-order valence-corrected chi connectivity index (χ1v) is 9.17. The molecule has 2 aliphatic heterocycles. The summed E-state index contributed by atoms with van der Waals surface area (Å²) in [6.45, 7) is 1.07. The first-order chi connectivity index (χ1) is 11.8. The van der Waals surface area contributed by atoms with Crippen LogP contribution >= 0.6 is 12.4 Å². The van der Waals surface area contributed by atoms with Crippen molar-refractivity contribution in [2.45, 2.75) is 44.2 Å².